The SMILES string of the molecule is CSCC[C@H](NS(=O)(=O)c1ccc(Cl)cc1)C(=O)[O-]. The van der Waals surface area contributed by atoms with E-state index in [9.17, 15) is 18.3 Å². The van der Waals surface area contributed by atoms with Gasteiger partial charge in [-0.1, -0.05) is 11.6 Å². The number of halogens is 1. The van der Waals surface area contributed by atoms with Gasteiger partial charge in [0.2, 0.25) is 10.0 Å². The molecular formula is C11H13ClNO4S2-. The number of aliphatic carboxylic acids is 1. The molecule has 0 spiro atoms. The van der Waals surface area contributed by atoms with E-state index in [4.69, 9.17) is 11.6 Å². The van der Waals surface area contributed by atoms with Crippen LogP contribution in [0.3, 0.4) is 0 Å². The molecule has 1 aromatic rings. The minimum absolute atomic E-state index is 0.0349. The van der Waals surface area contributed by atoms with Gasteiger partial charge in [-0.3, -0.25) is 0 Å². The Morgan fingerprint density at radius 2 is 2.00 bits per heavy atom. The molecule has 0 aromatic heterocycles. The monoisotopic (exact) mass is 322 g/mol. The summed E-state index contributed by atoms with van der Waals surface area (Å²) in [6, 6.07) is 4.23. The fourth-order valence-corrected chi connectivity index (χ4v) is 3.15. The smallest absolute Gasteiger partial charge is 0.241 e. The van der Waals surface area contributed by atoms with Crippen molar-refractivity contribution in [2.24, 2.45) is 0 Å². The average molecular weight is 323 g/mol. The van der Waals surface area contributed by atoms with Crippen LogP contribution < -0.4 is 9.83 Å². The van der Waals surface area contributed by atoms with Crippen LogP contribution >= 0.6 is 23.4 Å². The van der Waals surface area contributed by atoms with E-state index in [0.29, 0.717) is 10.8 Å². The van der Waals surface area contributed by atoms with E-state index in [2.05, 4.69) is 4.72 Å². The zero-order chi connectivity index (χ0) is 14.5. The van der Waals surface area contributed by atoms with Crippen LogP contribution in [0.4, 0.5) is 0 Å². The molecule has 0 saturated carbocycles. The van der Waals surface area contributed by atoms with Gasteiger partial charge in [-0.2, -0.15) is 11.8 Å². The second-order valence-electron chi connectivity index (χ2n) is 3.73. The summed E-state index contributed by atoms with van der Waals surface area (Å²) in [6.45, 7) is 0. The molecule has 0 radical (unpaired) electrons. The normalized spacial score (nSPS) is 13.2. The lowest BCUT2D eigenvalue weighted by Gasteiger charge is -2.19. The third kappa shape index (κ3) is 5.02. The molecule has 0 aliphatic heterocycles. The first-order valence-corrected chi connectivity index (χ1v) is 8.60. The quantitative estimate of drug-likeness (QED) is 0.789. The highest BCUT2D eigenvalue weighted by Gasteiger charge is 2.20. The molecule has 0 unspecified atom stereocenters. The molecule has 106 valence electrons. The molecule has 0 aliphatic rings. The summed E-state index contributed by atoms with van der Waals surface area (Å²) in [7, 11) is -3.89. The number of carboxylic acid groups (broad SMARTS) is 1. The maximum Gasteiger partial charge on any atom is 0.241 e. The molecular weight excluding hydrogens is 310 g/mol. The van der Waals surface area contributed by atoms with E-state index in [-0.39, 0.29) is 11.3 Å². The largest absolute Gasteiger partial charge is 0.548 e. The molecule has 0 saturated heterocycles. The van der Waals surface area contributed by atoms with Crippen molar-refractivity contribution in [1.82, 2.24) is 4.72 Å². The van der Waals surface area contributed by atoms with Crippen LogP contribution in [0.25, 0.3) is 0 Å². The van der Waals surface area contributed by atoms with Crippen LogP contribution in [0.1, 0.15) is 6.42 Å². The van der Waals surface area contributed by atoms with Gasteiger partial charge >= 0.3 is 0 Å². The summed E-state index contributed by atoms with van der Waals surface area (Å²) in [5, 5.41) is 11.3. The minimum atomic E-state index is -3.89. The predicted octanol–water partition coefficient (Wildman–Crippen LogP) is 0.490. The number of sulfonamides is 1. The Morgan fingerprint density at radius 1 is 1.42 bits per heavy atom. The van der Waals surface area contributed by atoms with E-state index < -0.39 is 22.0 Å². The van der Waals surface area contributed by atoms with E-state index in [1.807, 2.05) is 0 Å². The van der Waals surface area contributed by atoms with E-state index in [1.165, 1.54) is 36.0 Å². The van der Waals surface area contributed by atoms with Gasteiger partial charge < -0.3 is 9.90 Å². The van der Waals surface area contributed by atoms with Crippen molar-refractivity contribution in [3.63, 3.8) is 0 Å². The zero-order valence-electron chi connectivity index (χ0n) is 10.1. The summed E-state index contributed by atoms with van der Waals surface area (Å²) < 4.78 is 26.1. The van der Waals surface area contributed by atoms with Crippen molar-refractivity contribution in [3.05, 3.63) is 29.3 Å². The molecule has 1 N–H and O–H groups in total. The fraction of sp³-hybridized carbons (Fsp3) is 0.364. The Morgan fingerprint density at radius 3 is 2.47 bits per heavy atom. The van der Waals surface area contributed by atoms with E-state index in [1.54, 1.807) is 6.26 Å². The lowest BCUT2D eigenvalue weighted by Crippen LogP contribution is -2.48. The number of hydrogen-bond donors (Lipinski definition) is 1. The summed E-state index contributed by atoms with van der Waals surface area (Å²) in [5.41, 5.74) is 0. The first-order valence-electron chi connectivity index (χ1n) is 5.34. The van der Waals surface area contributed by atoms with Gasteiger partial charge in [-0.05, 0) is 42.7 Å². The first kappa shape index (κ1) is 16.3. The molecule has 5 nitrogen and oxygen atoms in total. The maximum atomic E-state index is 12.0. The summed E-state index contributed by atoms with van der Waals surface area (Å²) in [5.74, 6) is -0.923. The maximum absolute atomic E-state index is 12.0. The summed E-state index contributed by atoms with van der Waals surface area (Å²) in [4.78, 5) is 10.9. The number of thioether (sulfide) groups is 1. The zero-order valence-corrected chi connectivity index (χ0v) is 12.5. The van der Waals surface area contributed by atoms with Gasteiger partial charge in [0.1, 0.15) is 0 Å². The average Bonchev–Trinajstić information content (AvgIpc) is 2.34. The second-order valence-corrected chi connectivity index (χ2v) is 6.86. The van der Waals surface area contributed by atoms with Crippen LogP contribution in [-0.4, -0.2) is 32.4 Å². The highest BCUT2D eigenvalue weighted by molar-refractivity contribution is 7.98. The number of carbonyl (C=O) groups excluding carboxylic acids is 1. The van der Waals surface area contributed by atoms with Gasteiger partial charge in [-0.25, -0.2) is 13.1 Å². The molecule has 8 heteroatoms. The van der Waals surface area contributed by atoms with Crippen LogP contribution in [0.2, 0.25) is 5.02 Å². The molecule has 1 rings (SSSR count). The third-order valence-electron chi connectivity index (χ3n) is 2.32. The van der Waals surface area contributed by atoms with E-state index >= 15 is 0 Å². The van der Waals surface area contributed by atoms with Gasteiger partial charge in [0.05, 0.1) is 16.9 Å². The number of nitrogens with one attached hydrogen (secondary N) is 1. The molecule has 1 atom stereocenters. The Labute approximate surface area is 121 Å². The van der Waals surface area contributed by atoms with Crippen molar-refractivity contribution >= 4 is 39.4 Å². The van der Waals surface area contributed by atoms with Crippen LogP contribution in [0.15, 0.2) is 29.2 Å². The molecule has 1 aromatic carbocycles. The Kier molecular flexibility index (Phi) is 6.12. The first-order chi connectivity index (χ1) is 8.86. The van der Waals surface area contributed by atoms with Crippen LogP contribution in [-0.2, 0) is 14.8 Å². The van der Waals surface area contributed by atoms with Gasteiger partial charge in [0.15, 0.2) is 0 Å². The standard InChI is InChI=1S/C11H14ClNO4S2/c1-18-7-6-10(11(14)15)13-19(16,17)9-4-2-8(12)3-5-9/h2-5,10,13H,6-7H2,1H3,(H,14,15)/p-1/t10-/m0/s1. The molecule has 0 amide bonds. The molecule has 0 bridgehead atoms. The molecule has 19 heavy (non-hydrogen) atoms. The highest BCUT2D eigenvalue weighted by atomic mass is 35.5. The van der Waals surface area contributed by atoms with Crippen molar-refractivity contribution in [2.45, 2.75) is 17.4 Å². The Balaban J connectivity index is 2.87. The number of rotatable bonds is 7. The van der Waals surface area contributed by atoms with Crippen LogP contribution in [0, 0.1) is 0 Å². The Hall–Kier alpha value is -0.760. The highest BCUT2D eigenvalue weighted by Crippen LogP contribution is 2.14. The molecule has 0 aliphatic carbocycles. The van der Waals surface area contributed by atoms with Crippen molar-refractivity contribution in [3.8, 4) is 0 Å². The van der Waals surface area contributed by atoms with Gasteiger partial charge in [-0.15, -0.1) is 0 Å². The van der Waals surface area contributed by atoms with E-state index in [0.717, 1.165) is 0 Å². The van der Waals surface area contributed by atoms with Crippen molar-refractivity contribution < 1.29 is 18.3 Å². The number of benzene rings is 1. The number of carbonyl (C=O) groups is 1. The van der Waals surface area contributed by atoms with Gasteiger partial charge in [0, 0.05) is 5.02 Å². The number of carboxylic acids is 1. The third-order valence-corrected chi connectivity index (χ3v) is 4.70. The summed E-state index contributed by atoms with van der Waals surface area (Å²) in [6.07, 6.45) is 1.97. The van der Waals surface area contributed by atoms with Crippen molar-refractivity contribution in [2.75, 3.05) is 12.0 Å². The lowest BCUT2D eigenvalue weighted by molar-refractivity contribution is -0.308. The fourth-order valence-electron chi connectivity index (χ4n) is 1.33. The summed E-state index contributed by atoms with van der Waals surface area (Å²) >= 11 is 7.09. The van der Waals surface area contributed by atoms with Crippen molar-refractivity contribution in [1.29, 1.82) is 0 Å². The molecule has 0 fully saturated rings. The Bertz CT molecular complexity index is 530. The predicted molar refractivity (Wildman–Crippen MR) is 73.6 cm³/mol. The lowest BCUT2D eigenvalue weighted by atomic mass is 10.2. The number of hydrogen-bond acceptors (Lipinski definition) is 5. The van der Waals surface area contributed by atoms with Crippen LogP contribution in [0.5, 0.6) is 0 Å². The topological polar surface area (TPSA) is 86.3 Å². The minimum Gasteiger partial charge on any atom is -0.548 e. The van der Waals surface area contributed by atoms with Gasteiger partial charge in [0.25, 0.3) is 0 Å². The second kappa shape index (κ2) is 7.14. The molecule has 0 heterocycles.